The van der Waals surface area contributed by atoms with Crippen molar-refractivity contribution in [1.29, 1.82) is 0 Å². The van der Waals surface area contributed by atoms with Gasteiger partial charge in [0.1, 0.15) is 0 Å². The molecule has 3 aromatic rings. The predicted molar refractivity (Wildman–Crippen MR) is 98.8 cm³/mol. The lowest BCUT2D eigenvalue weighted by atomic mass is 10.0. The minimum absolute atomic E-state index is 0.224. The molecule has 1 amide bonds. The Morgan fingerprint density at radius 2 is 1.29 bits per heavy atom. The lowest BCUT2D eigenvalue weighted by Crippen LogP contribution is -2.08. The first-order valence-corrected chi connectivity index (χ1v) is 7.95. The van der Waals surface area contributed by atoms with Crippen molar-refractivity contribution in [1.82, 2.24) is 0 Å². The minimum Gasteiger partial charge on any atom is -0.267 e. The lowest BCUT2D eigenvalue weighted by Gasteiger charge is -2.08. The van der Waals surface area contributed by atoms with Gasteiger partial charge in [-0.1, -0.05) is 77.9 Å². The van der Waals surface area contributed by atoms with Gasteiger partial charge >= 0.3 is 0 Å². The standard InChI is InChI=1S/C22H19NO/c1-16-11-13-19(14-12-16)21(18-8-4-3-5-9-18)23-22(24)20-10-6-7-17(2)15-20/h3-15H,1-2H3. The smallest absolute Gasteiger partial charge is 0.267 e. The van der Waals surface area contributed by atoms with Crippen molar-refractivity contribution in [3.05, 3.63) is 107 Å². The average Bonchev–Trinajstić information content (AvgIpc) is 2.61. The predicted octanol–water partition coefficient (Wildman–Crippen LogP) is 4.98. The summed E-state index contributed by atoms with van der Waals surface area (Å²) >= 11 is 0. The normalized spacial score (nSPS) is 11.3. The third-order valence-corrected chi connectivity index (χ3v) is 3.85. The fraction of sp³-hybridized carbons (Fsp3) is 0.0909. The molecule has 3 aromatic carbocycles. The van der Waals surface area contributed by atoms with Gasteiger partial charge in [0.25, 0.3) is 5.91 Å². The molecule has 0 saturated heterocycles. The maximum Gasteiger partial charge on any atom is 0.277 e. The Labute approximate surface area is 142 Å². The van der Waals surface area contributed by atoms with E-state index in [1.165, 1.54) is 5.56 Å². The summed E-state index contributed by atoms with van der Waals surface area (Å²) in [5, 5.41) is 0. The summed E-state index contributed by atoms with van der Waals surface area (Å²) in [5.41, 5.74) is 5.40. The quantitative estimate of drug-likeness (QED) is 0.627. The zero-order valence-corrected chi connectivity index (χ0v) is 13.9. The number of hydrogen-bond acceptors (Lipinski definition) is 1. The van der Waals surface area contributed by atoms with Gasteiger partial charge in [-0.05, 0) is 26.0 Å². The molecule has 0 heterocycles. The van der Waals surface area contributed by atoms with Crippen molar-refractivity contribution in [3.8, 4) is 0 Å². The van der Waals surface area contributed by atoms with Crippen molar-refractivity contribution < 1.29 is 4.79 Å². The van der Waals surface area contributed by atoms with Crippen LogP contribution < -0.4 is 0 Å². The Morgan fingerprint density at radius 3 is 1.96 bits per heavy atom. The van der Waals surface area contributed by atoms with E-state index in [1.54, 1.807) is 6.07 Å². The number of hydrogen-bond donors (Lipinski definition) is 0. The molecular weight excluding hydrogens is 294 g/mol. The van der Waals surface area contributed by atoms with Crippen LogP contribution in [0.3, 0.4) is 0 Å². The molecule has 2 heteroatoms. The van der Waals surface area contributed by atoms with Crippen LogP contribution in [0.1, 0.15) is 32.6 Å². The molecule has 0 radical (unpaired) electrons. The highest BCUT2D eigenvalue weighted by atomic mass is 16.1. The fourth-order valence-corrected chi connectivity index (χ4v) is 2.55. The second kappa shape index (κ2) is 7.05. The minimum atomic E-state index is -0.224. The highest BCUT2D eigenvalue weighted by Crippen LogP contribution is 2.14. The second-order valence-corrected chi connectivity index (χ2v) is 5.87. The molecule has 118 valence electrons. The zero-order chi connectivity index (χ0) is 16.9. The third kappa shape index (κ3) is 3.66. The molecule has 0 aliphatic heterocycles. The molecule has 3 rings (SSSR count). The van der Waals surface area contributed by atoms with Crippen LogP contribution in [0.25, 0.3) is 0 Å². The van der Waals surface area contributed by atoms with Crippen LogP contribution in [0.5, 0.6) is 0 Å². The van der Waals surface area contributed by atoms with Crippen LogP contribution in [0.4, 0.5) is 0 Å². The summed E-state index contributed by atoms with van der Waals surface area (Å²) in [6.07, 6.45) is 0. The van der Waals surface area contributed by atoms with E-state index in [0.29, 0.717) is 11.3 Å². The summed E-state index contributed by atoms with van der Waals surface area (Å²) in [4.78, 5) is 17.1. The highest BCUT2D eigenvalue weighted by molar-refractivity contribution is 6.18. The first kappa shape index (κ1) is 15.9. The maximum atomic E-state index is 12.6. The molecule has 0 aliphatic carbocycles. The van der Waals surface area contributed by atoms with E-state index in [0.717, 1.165) is 16.7 Å². The number of nitrogens with zero attached hydrogens (tertiary/aromatic N) is 1. The molecule has 0 aromatic heterocycles. The van der Waals surface area contributed by atoms with E-state index < -0.39 is 0 Å². The van der Waals surface area contributed by atoms with Gasteiger partial charge < -0.3 is 0 Å². The van der Waals surface area contributed by atoms with E-state index in [2.05, 4.69) is 4.99 Å². The van der Waals surface area contributed by atoms with Crippen molar-refractivity contribution in [2.24, 2.45) is 4.99 Å². The van der Waals surface area contributed by atoms with Crippen molar-refractivity contribution in [3.63, 3.8) is 0 Å². The maximum absolute atomic E-state index is 12.6. The number of amides is 1. The Balaban J connectivity index is 2.07. The molecule has 0 bridgehead atoms. The van der Waals surface area contributed by atoms with Crippen LogP contribution in [-0.2, 0) is 0 Å². The molecular formula is C22H19NO. The molecule has 0 aliphatic rings. The Morgan fingerprint density at radius 1 is 0.667 bits per heavy atom. The van der Waals surface area contributed by atoms with Gasteiger partial charge in [0, 0.05) is 16.7 Å². The number of aliphatic imine (C=N–C) groups is 1. The van der Waals surface area contributed by atoms with Crippen molar-refractivity contribution in [2.45, 2.75) is 13.8 Å². The van der Waals surface area contributed by atoms with Gasteiger partial charge in [0.05, 0.1) is 5.71 Å². The first-order valence-electron chi connectivity index (χ1n) is 7.95. The van der Waals surface area contributed by atoms with E-state index in [-0.39, 0.29) is 5.91 Å². The summed E-state index contributed by atoms with van der Waals surface area (Å²) < 4.78 is 0. The third-order valence-electron chi connectivity index (χ3n) is 3.85. The second-order valence-electron chi connectivity index (χ2n) is 5.87. The first-order chi connectivity index (χ1) is 11.6. The average molecular weight is 313 g/mol. The lowest BCUT2D eigenvalue weighted by molar-refractivity contribution is 0.100. The van der Waals surface area contributed by atoms with Crippen molar-refractivity contribution in [2.75, 3.05) is 0 Å². The van der Waals surface area contributed by atoms with Crippen molar-refractivity contribution >= 4 is 11.6 Å². The van der Waals surface area contributed by atoms with E-state index in [4.69, 9.17) is 0 Å². The van der Waals surface area contributed by atoms with E-state index >= 15 is 0 Å². The Bertz CT molecular complexity index is 877. The van der Waals surface area contributed by atoms with Crippen LogP contribution in [0.15, 0.2) is 83.9 Å². The molecule has 2 nitrogen and oxygen atoms in total. The molecule has 24 heavy (non-hydrogen) atoms. The zero-order valence-electron chi connectivity index (χ0n) is 13.9. The number of carbonyl (C=O) groups is 1. The van der Waals surface area contributed by atoms with Gasteiger partial charge in [0.2, 0.25) is 0 Å². The van der Waals surface area contributed by atoms with Gasteiger partial charge in [-0.3, -0.25) is 4.79 Å². The summed E-state index contributed by atoms with van der Waals surface area (Å²) in [7, 11) is 0. The monoisotopic (exact) mass is 313 g/mol. The molecule has 0 saturated carbocycles. The van der Waals surface area contributed by atoms with E-state index in [9.17, 15) is 4.79 Å². The van der Waals surface area contributed by atoms with Gasteiger partial charge in [-0.2, -0.15) is 0 Å². The van der Waals surface area contributed by atoms with Crippen LogP contribution in [-0.4, -0.2) is 11.6 Å². The fourth-order valence-electron chi connectivity index (χ4n) is 2.55. The molecule has 0 spiro atoms. The topological polar surface area (TPSA) is 29.4 Å². The number of rotatable bonds is 3. The Hall–Kier alpha value is -3.00. The van der Waals surface area contributed by atoms with Gasteiger partial charge in [0.15, 0.2) is 0 Å². The van der Waals surface area contributed by atoms with Crippen LogP contribution in [0.2, 0.25) is 0 Å². The molecule has 0 fully saturated rings. The van der Waals surface area contributed by atoms with Gasteiger partial charge in [-0.15, -0.1) is 0 Å². The number of benzene rings is 3. The number of carbonyl (C=O) groups excluding carboxylic acids is 1. The molecule has 0 atom stereocenters. The highest BCUT2D eigenvalue weighted by Gasteiger charge is 2.11. The summed E-state index contributed by atoms with van der Waals surface area (Å²) in [6, 6.07) is 25.4. The van der Waals surface area contributed by atoms with E-state index in [1.807, 2.05) is 86.6 Å². The molecule has 0 N–H and O–H groups in total. The largest absolute Gasteiger partial charge is 0.277 e. The van der Waals surface area contributed by atoms with Crippen LogP contribution >= 0.6 is 0 Å². The SMILES string of the molecule is Cc1ccc(C(=NC(=O)c2cccc(C)c2)c2ccccc2)cc1. The van der Waals surface area contributed by atoms with Gasteiger partial charge in [-0.25, -0.2) is 4.99 Å². The number of aryl methyl sites for hydroxylation is 2. The molecule has 0 unspecified atom stereocenters. The summed E-state index contributed by atoms with van der Waals surface area (Å²) in [5.74, 6) is -0.224. The van der Waals surface area contributed by atoms with Crippen LogP contribution in [0, 0.1) is 13.8 Å². The summed E-state index contributed by atoms with van der Waals surface area (Å²) in [6.45, 7) is 4.01. The Kier molecular flexibility index (Phi) is 4.66.